The first-order valence-corrected chi connectivity index (χ1v) is 11.4. The predicted octanol–water partition coefficient (Wildman–Crippen LogP) is 5.05. The zero-order valence-electron chi connectivity index (χ0n) is 18.9. The molecule has 2 aromatic carbocycles. The maximum atomic E-state index is 15.5. The molecule has 2 N–H and O–H groups in total. The molecule has 0 atom stereocenters. The van der Waals surface area contributed by atoms with E-state index in [1.54, 1.807) is 19.6 Å². The Morgan fingerprint density at radius 2 is 2.09 bits per heavy atom. The first-order valence-electron chi connectivity index (χ1n) is 11.0. The van der Waals surface area contributed by atoms with Gasteiger partial charge in [0.05, 0.1) is 45.3 Å². The van der Waals surface area contributed by atoms with Crippen LogP contribution in [0.4, 0.5) is 10.2 Å². The number of nitrogen functional groups attached to an aromatic ring is 1. The van der Waals surface area contributed by atoms with Crippen LogP contribution < -0.4 is 10.5 Å². The molecule has 6 rings (SSSR count). The normalized spacial score (nSPS) is 13.5. The molecule has 3 heterocycles. The molecule has 0 saturated heterocycles. The zero-order chi connectivity index (χ0) is 24.4. The minimum atomic E-state index is -0.699. The van der Waals surface area contributed by atoms with Gasteiger partial charge in [-0.05, 0) is 37.5 Å². The number of ether oxygens (including phenoxy) is 1. The van der Waals surface area contributed by atoms with Crippen LogP contribution in [0.3, 0.4) is 0 Å². The van der Waals surface area contributed by atoms with Crippen LogP contribution in [0.25, 0.3) is 38.9 Å². The van der Waals surface area contributed by atoms with Crippen molar-refractivity contribution in [3.63, 3.8) is 0 Å². The van der Waals surface area contributed by atoms with Gasteiger partial charge < -0.3 is 10.5 Å². The second-order valence-corrected chi connectivity index (χ2v) is 9.04. The first-order chi connectivity index (χ1) is 16.9. The maximum Gasteiger partial charge on any atom is 0.152 e. The molecule has 0 radical (unpaired) electrons. The monoisotopic (exact) mass is 487 g/mol. The summed E-state index contributed by atoms with van der Waals surface area (Å²) in [4.78, 5) is 8.92. The van der Waals surface area contributed by atoms with Gasteiger partial charge in [0.15, 0.2) is 5.82 Å². The fraction of sp³-hybridized carbons (Fsp3) is 0.200. The number of imidazole rings is 1. The molecular formula is C25H19ClFN7O. The molecule has 3 aromatic heterocycles. The van der Waals surface area contributed by atoms with Gasteiger partial charge in [-0.15, -0.1) is 0 Å². The number of hydrogen-bond acceptors (Lipinski definition) is 6. The molecule has 174 valence electrons. The third kappa shape index (κ3) is 3.29. The first kappa shape index (κ1) is 21.4. The van der Waals surface area contributed by atoms with E-state index in [1.165, 1.54) is 10.7 Å². The Bertz CT molecular complexity index is 1710. The summed E-state index contributed by atoms with van der Waals surface area (Å²) in [5.41, 5.74) is 11.1. The largest absolute Gasteiger partial charge is 0.489 e. The lowest BCUT2D eigenvalue weighted by Gasteiger charge is -2.15. The van der Waals surface area contributed by atoms with Gasteiger partial charge in [0.2, 0.25) is 0 Å². The van der Waals surface area contributed by atoms with Gasteiger partial charge in [-0.2, -0.15) is 10.4 Å². The summed E-state index contributed by atoms with van der Waals surface area (Å²) in [6.07, 6.45) is 5.14. The molecule has 1 fully saturated rings. The fourth-order valence-corrected chi connectivity index (χ4v) is 4.63. The van der Waals surface area contributed by atoms with Crippen LogP contribution in [0.5, 0.6) is 5.75 Å². The smallest absolute Gasteiger partial charge is 0.152 e. The third-order valence-electron chi connectivity index (χ3n) is 6.27. The number of aromatic nitrogens is 5. The van der Waals surface area contributed by atoms with E-state index in [0.717, 1.165) is 35.1 Å². The Hall–Kier alpha value is -4.16. The number of halogens is 2. The Morgan fingerprint density at radius 3 is 2.83 bits per heavy atom. The topological polar surface area (TPSA) is 107 Å². The van der Waals surface area contributed by atoms with E-state index in [9.17, 15) is 5.26 Å². The van der Waals surface area contributed by atoms with Crippen LogP contribution in [-0.2, 0) is 7.05 Å². The van der Waals surface area contributed by atoms with Crippen LogP contribution in [0.15, 0.2) is 36.8 Å². The summed E-state index contributed by atoms with van der Waals surface area (Å²) in [5, 5.41) is 14.2. The van der Waals surface area contributed by atoms with Crippen molar-refractivity contribution < 1.29 is 9.13 Å². The lowest BCUT2D eigenvalue weighted by atomic mass is 9.96. The average molecular weight is 488 g/mol. The van der Waals surface area contributed by atoms with Crippen LogP contribution in [-0.4, -0.2) is 30.3 Å². The number of rotatable bonds is 4. The van der Waals surface area contributed by atoms with Gasteiger partial charge in [0.1, 0.15) is 35.0 Å². The number of nitrogens with zero attached hydrogens (tertiary/aromatic N) is 6. The van der Waals surface area contributed by atoms with Gasteiger partial charge in [0, 0.05) is 18.7 Å². The van der Waals surface area contributed by atoms with E-state index in [2.05, 4.69) is 21.1 Å². The van der Waals surface area contributed by atoms with Crippen LogP contribution in [0.1, 0.15) is 24.1 Å². The number of hydrogen-bond donors (Lipinski definition) is 1. The van der Waals surface area contributed by atoms with Crippen molar-refractivity contribution in [2.45, 2.75) is 25.9 Å². The van der Waals surface area contributed by atoms with Crippen LogP contribution in [0.2, 0.25) is 5.02 Å². The number of anilines is 1. The van der Waals surface area contributed by atoms with E-state index in [1.807, 2.05) is 29.5 Å². The third-order valence-corrected chi connectivity index (χ3v) is 6.54. The predicted molar refractivity (Wildman–Crippen MR) is 131 cm³/mol. The van der Waals surface area contributed by atoms with E-state index in [-0.39, 0.29) is 28.0 Å². The highest BCUT2D eigenvalue weighted by atomic mass is 35.5. The van der Waals surface area contributed by atoms with Gasteiger partial charge in [-0.25, -0.2) is 14.4 Å². The van der Waals surface area contributed by atoms with Crippen molar-refractivity contribution in [2.75, 3.05) is 5.73 Å². The molecule has 1 aliphatic rings. The molecule has 0 aliphatic heterocycles. The summed E-state index contributed by atoms with van der Waals surface area (Å²) in [7, 11) is 1.69. The molecule has 8 nitrogen and oxygen atoms in total. The highest BCUT2D eigenvalue weighted by molar-refractivity contribution is 6.31. The number of fused-ring (bicyclic) bond motifs is 3. The van der Waals surface area contributed by atoms with E-state index in [4.69, 9.17) is 22.1 Å². The SMILES string of the molecule is Cc1ncn2c1c(N)nc1cc(-c3cnn(C)c3-c3c(F)c(Cl)cc(OC4CC4)c3C#N)ccc12. The highest BCUT2D eigenvalue weighted by Gasteiger charge is 2.29. The molecular weight excluding hydrogens is 469 g/mol. The average Bonchev–Trinajstić information content (AvgIpc) is 3.44. The Kier molecular flexibility index (Phi) is 4.69. The lowest BCUT2D eigenvalue weighted by Crippen LogP contribution is -2.05. The van der Waals surface area contributed by atoms with Gasteiger partial charge in [0.25, 0.3) is 0 Å². The quantitative estimate of drug-likeness (QED) is 0.380. The number of nitriles is 1. The van der Waals surface area contributed by atoms with E-state index < -0.39 is 5.82 Å². The summed E-state index contributed by atoms with van der Waals surface area (Å²) >= 11 is 6.25. The Balaban J connectivity index is 1.58. The van der Waals surface area contributed by atoms with Crippen molar-refractivity contribution >= 4 is 34.0 Å². The summed E-state index contributed by atoms with van der Waals surface area (Å²) in [5.74, 6) is -0.0603. The van der Waals surface area contributed by atoms with Crippen molar-refractivity contribution in [2.24, 2.45) is 7.05 Å². The van der Waals surface area contributed by atoms with Crippen LogP contribution in [0, 0.1) is 24.1 Å². The second kappa shape index (κ2) is 7.68. The molecule has 35 heavy (non-hydrogen) atoms. The van der Waals surface area contributed by atoms with Gasteiger partial charge in [-0.3, -0.25) is 9.08 Å². The second-order valence-electron chi connectivity index (χ2n) is 8.63. The van der Waals surface area contributed by atoms with Crippen LogP contribution >= 0.6 is 11.6 Å². The molecule has 5 aromatic rings. The summed E-state index contributed by atoms with van der Waals surface area (Å²) in [6.45, 7) is 1.88. The molecule has 1 saturated carbocycles. The molecule has 0 unspecified atom stereocenters. The fourth-order valence-electron chi connectivity index (χ4n) is 4.44. The minimum absolute atomic E-state index is 0.0168. The number of aryl methyl sites for hydroxylation is 2. The van der Waals surface area contributed by atoms with Gasteiger partial charge in [-0.1, -0.05) is 17.7 Å². The Labute approximate surface area is 204 Å². The zero-order valence-corrected chi connectivity index (χ0v) is 19.6. The van der Waals surface area contributed by atoms with Crippen molar-refractivity contribution in [3.8, 4) is 34.2 Å². The standard InChI is InChI=1S/C25H19ClFN7O/c1-12-23-25(29)32-18-7-13(3-6-19(18)34(23)11-30-12)16-10-31-33(2)24(16)21-15(9-28)20(35-14-4-5-14)8-17(26)22(21)27/h3,6-8,10-11,14H,4-5H2,1-2H3,(H2,29,32). The molecule has 0 amide bonds. The van der Waals surface area contributed by atoms with Crippen molar-refractivity contribution in [1.29, 1.82) is 5.26 Å². The van der Waals surface area contributed by atoms with Crippen molar-refractivity contribution in [1.82, 2.24) is 24.1 Å². The molecule has 10 heteroatoms. The Morgan fingerprint density at radius 1 is 1.29 bits per heavy atom. The minimum Gasteiger partial charge on any atom is -0.489 e. The number of benzene rings is 2. The molecule has 0 spiro atoms. The van der Waals surface area contributed by atoms with E-state index >= 15 is 4.39 Å². The lowest BCUT2D eigenvalue weighted by molar-refractivity contribution is 0.302. The molecule has 0 bridgehead atoms. The summed E-state index contributed by atoms with van der Waals surface area (Å²) in [6, 6.07) is 9.14. The van der Waals surface area contributed by atoms with Gasteiger partial charge >= 0.3 is 0 Å². The number of nitrogens with two attached hydrogens (primary N) is 1. The van der Waals surface area contributed by atoms with Crippen molar-refractivity contribution in [3.05, 3.63) is 58.9 Å². The maximum absolute atomic E-state index is 15.5. The molecule has 1 aliphatic carbocycles. The summed E-state index contributed by atoms with van der Waals surface area (Å²) < 4.78 is 24.8. The highest BCUT2D eigenvalue weighted by Crippen LogP contribution is 2.43. The van der Waals surface area contributed by atoms with E-state index in [0.29, 0.717) is 22.6 Å².